The minimum Gasteiger partial charge on any atom is -0.343 e. The number of likely N-dealkylation sites (tertiary alicyclic amines) is 1. The van der Waals surface area contributed by atoms with E-state index in [-0.39, 0.29) is 0 Å². The van der Waals surface area contributed by atoms with E-state index in [9.17, 15) is 4.79 Å². The van der Waals surface area contributed by atoms with E-state index in [2.05, 4.69) is 4.90 Å². The number of hydrogen-bond donors (Lipinski definition) is 0. The molecule has 112 valence electrons. The summed E-state index contributed by atoms with van der Waals surface area (Å²) >= 11 is 0. The fourth-order valence-corrected chi connectivity index (χ4v) is 6.26. The lowest BCUT2D eigenvalue weighted by Crippen LogP contribution is -2.48. The summed E-state index contributed by atoms with van der Waals surface area (Å²) in [5.41, 5.74) is 0.429. The second-order valence-electron chi connectivity index (χ2n) is 8.39. The minimum absolute atomic E-state index is 0.429. The van der Waals surface area contributed by atoms with Crippen molar-refractivity contribution in [3.05, 3.63) is 0 Å². The second kappa shape index (κ2) is 5.03. The summed E-state index contributed by atoms with van der Waals surface area (Å²) in [4.78, 5) is 15.0. The van der Waals surface area contributed by atoms with Gasteiger partial charge in [0.2, 0.25) is 5.91 Å². The Morgan fingerprint density at radius 3 is 1.85 bits per heavy atom. The first-order valence-corrected chi connectivity index (χ1v) is 9.00. The Bertz CT molecular complexity index is 346. The van der Waals surface area contributed by atoms with Crippen molar-refractivity contribution < 1.29 is 4.79 Å². The van der Waals surface area contributed by atoms with Crippen LogP contribution in [0.3, 0.4) is 0 Å². The van der Waals surface area contributed by atoms with Crippen LogP contribution >= 0.6 is 0 Å². The summed E-state index contributed by atoms with van der Waals surface area (Å²) in [6.45, 7) is 2.07. The van der Waals surface area contributed by atoms with Gasteiger partial charge in [-0.25, -0.2) is 0 Å². The Labute approximate surface area is 123 Å². The zero-order valence-electron chi connectivity index (χ0n) is 12.8. The van der Waals surface area contributed by atoms with E-state index in [0.29, 0.717) is 11.3 Å². The number of carbonyl (C=O) groups excluding carboxylic acids is 1. The summed E-state index contributed by atoms with van der Waals surface area (Å²) in [5.74, 6) is 3.41. The van der Waals surface area contributed by atoms with Gasteiger partial charge < -0.3 is 4.90 Å². The van der Waals surface area contributed by atoms with E-state index in [1.165, 1.54) is 64.2 Å². The lowest BCUT2D eigenvalue weighted by atomic mass is 9.49. The Morgan fingerprint density at radius 1 is 0.850 bits per heavy atom. The molecule has 0 aromatic carbocycles. The molecule has 1 saturated heterocycles. The zero-order valence-corrected chi connectivity index (χ0v) is 12.8. The third-order valence-electron chi connectivity index (χ3n) is 6.65. The topological polar surface area (TPSA) is 20.3 Å². The summed E-state index contributed by atoms with van der Waals surface area (Å²) < 4.78 is 0. The van der Waals surface area contributed by atoms with Crippen LogP contribution in [0.2, 0.25) is 0 Å². The quantitative estimate of drug-likeness (QED) is 0.746. The van der Waals surface area contributed by atoms with Gasteiger partial charge in [0.15, 0.2) is 0 Å². The molecule has 4 saturated carbocycles. The molecule has 0 aromatic heterocycles. The smallest absolute Gasteiger partial charge is 0.223 e. The van der Waals surface area contributed by atoms with E-state index in [0.717, 1.165) is 37.3 Å². The monoisotopic (exact) mass is 275 g/mol. The third-order valence-corrected chi connectivity index (χ3v) is 6.65. The van der Waals surface area contributed by atoms with Gasteiger partial charge in [-0.2, -0.15) is 0 Å². The molecule has 5 fully saturated rings. The van der Waals surface area contributed by atoms with Crippen LogP contribution in [0.15, 0.2) is 0 Å². The van der Waals surface area contributed by atoms with Gasteiger partial charge in [-0.3, -0.25) is 4.79 Å². The van der Waals surface area contributed by atoms with Gasteiger partial charge in [0.05, 0.1) is 0 Å². The highest BCUT2D eigenvalue weighted by Crippen LogP contribution is 2.61. The van der Waals surface area contributed by atoms with Crippen LogP contribution in [-0.4, -0.2) is 23.9 Å². The van der Waals surface area contributed by atoms with Gasteiger partial charge in [-0.15, -0.1) is 0 Å². The Hall–Kier alpha value is -0.530. The maximum absolute atomic E-state index is 12.8. The van der Waals surface area contributed by atoms with Crippen LogP contribution in [0.25, 0.3) is 0 Å². The van der Waals surface area contributed by atoms with Gasteiger partial charge in [0, 0.05) is 19.5 Å². The molecule has 1 amide bonds. The van der Waals surface area contributed by atoms with Gasteiger partial charge in [0.25, 0.3) is 0 Å². The van der Waals surface area contributed by atoms with Gasteiger partial charge in [0.1, 0.15) is 0 Å². The fraction of sp³-hybridized carbons (Fsp3) is 0.944. The molecule has 1 aliphatic heterocycles. The van der Waals surface area contributed by atoms with E-state index >= 15 is 0 Å². The predicted octanol–water partition coefficient (Wildman–Crippen LogP) is 4.00. The van der Waals surface area contributed by atoms with Crippen LogP contribution < -0.4 is 0 Å². The molecule has 4 bridgehead atoms. The summed E-state index contributed by atoms with van der Waals surface area (Å²) in [6.07, 6.45) is 14.6. The molecule has 20 heavy (non-hydrogen) atoms. The molecule has 5 rings (SSSR count). The first-order valence-electron chi connectivity index (χ1n) is 9.00. The molecule has 4 aliphatic carbocycles. The first-order chi connectivity index (χ1) is 9.72. The summed E-state index contributed by atoms with van der Waals surface area (Å²) in [7, 11) is 0. The molecule has 0 aromatic rings. The highest BCUT2D eigenvalue weighted by molar-refractivity contribution is 5.77. The summed E-state index contributed by atoms with van der Waals surface area (Å²) in [5, 5.41) is 0. The predicted molar refractivity (Wildman–Crippen MR) is 80.3 cm³/mol. The Morgan fingerprint density at radius 2 is 1.35 bits per heavy atom. The molecule has 0 N–H and O–H groups in total. The Kier molecular flexibility index (Phi) is 3.31. The lowest BCUT2D eigenvalue weighted by Gasteiger charge is -2.57. The third kappa shape index (κ3) is 2.40. The van der Waals surface area contributed by atoms with Gasteiger partial charge >= 0.3 is 0 Å². The standard InChI is InChI=1S/C18H29NO/c20-17(19-5-3-1-2-4-6-19)13-18-10-14-7-15(11-18)9-16(8-14)12-18/h14-16H,1-13H2. The molecule has 5 aliphatic rings. The van der Waals surface area contributed by atoms with Crippen LogP contribution in [0, 0.1) is 23.2 Å². The summed E-state index contributed by atoms with van der Waals surface area (Å²) in [6, 6.07) is 0. The van der Waals surface area contributed by atoms with Crippen molar-refractivity contribution in [3.8, 4) is 0 Å². The van der Waals surface area contributed by atoms with E-state index < -0.39 is 0 Å². The van der Waals surface area contributed by atoms with E-state index in [1.807, 2.05) is 0 Å². The highest BCUT2D eigenvalue weighted by atomic mass is 16.2. The molecule has 0 atom stereocenters. The number of amides is 1. The van der Waals surface area contributed by atoms with Crippen molar-refractivity contribution in [2.24, 2.45) is 23.2 Å². The first kappa shape index (κ1) is 13.2. The van der Waals surface area contributed by atoms with Crippen molar-refractivity contribution in [3.63, 3.8) is 0 Å². The average Bonchev–Trinajstić information content (AvgIpc) is 2.65. The van der Waals surface area contributed by atoms with Crippen LogP contribution in [0.4, 0.5) is 0 Å². The molecule has 0 spiro atoms. The maximum Gasteiger partial charge on any atom is 0.223 e. The number of hydrogen-bond acceptors (Lipinski definition) is 1. The number of rotatable bonds is 2. The molecule has 2 heteroatoms. The average molecular weight is 275 g/mol. The van der Waals surface area contributed by atoms with Crippen molar-refractivity contribution in [1.29, 1.82) is 0 Å². The van der Waals surface area contributed by atoms with Crippen molar-refractivity contribution in [2.75, 3.05) is 13.1 Å². The van der Waals surface area contributed by atoms with E-state index in [1.54, 1.807) is 0 Å². The maximum atomic E-state index is 12.8. The number of carbonyl (C=O) groups is 1. The largest absolute Gasteiger partial charge is 0.343 e. The lowest BCUT2D eigenvalue weighted by molar-refractivity contribution is -0.139. The van der Waals surface area contributed by atoms with Crippen LogP contribution in [-0.2, 0) is 4.79 Å². The minimum atomic E-state index is 0.429. The molecular weight excluding hydrogens is 246 g/mol. The second-order valence-corrected chi connectivity index (χ2v) is 8.39. The molecule has 1 heterocycles. The molecular formula is C18H29NO. The zero-order chi connectivity index (χ0) is 13.6. The highest BCUT2D eigenvalue weighted by Gasteiger charge is 2.51. The van der Waals surface area contributed by atoms with Gasteiger partial charge in [-0.05, 0) is 74.5 Å². The molecule has 0 unspecified atom stereocenters. The molecule has 2 nitrogen and oxygen atoms in total. The Balaban J connectivity index is 1.44. The van der Waals surface area contributed by atoms with Crippen LogP contribution in [0.5, 0.6) is 0 Å². The van der Waals surface area contributed by atoms with Gasteiger partial charge in [-0.1, -0.05) is 12.8 Å². The fourth-order valence-electron chi connectivity index (χ4n) is 6.26. The number of nitrogens with zero attached hydrogens (tertiary/aromatic N) is 1. The molecule has 0 radical (unpaired) electrons. The van der Waals surface area contributed by atoms with Crippen molar-refractivity contribution >= 4 is 5.91 Å². The van der Waals surface area contributed by atoms with E-state index in [4.69, 9.17) is 0 Å². The van der Waals surface area contributed by atoms with Crippen molar-refractivity contribution in [2.45, 2.75) is 70.6 Å². The SMILES string of the molecule is O=C(CC12CC3CC(CC(C3)C1)C2)N1CCCCCC1. The van der Waals surface area contributed by atoms with Crippen LogP contribution in [0.1, 0.15) is 70.6 Å². The normalized spacial score (nSPS) is 43.6. The van der Waals surface area contributed by atoms with Crippen molar-refractivity contribution in [1.82, 2.24) is 4.90 Å².